The van der Waals surface area contributed by atoms with Gasteiger partial charge in [0.15, 0.2) is 0 Å². The van der Waals surface area contributed by atoms with Gasteiger partial charge in [-0.3, -0.25) is 4.79 Å². The first kappa shape index (κ1) is 17.7. The molecular weight excluding hydrogens is 266 g/mol. The highest BCUT2D eigenvalue weighted by Crippen LogP contribution is 2.20. The number of nitrogens with one attached hydrogen (secondary N) is 1. The lowest BCUT2D eigenvalue weighted by Crippen LogP contribution is -2.47. The Morgan fingerprint density at radius 1 is 1.29 bits per heavy atom. The van der Waals surface area contributed by atoms with Crippen molar-refractivity contribution in [2.75, 3.05) is 0 Å². The molecule has 1 amide bonds. The standard InChI is InChI=1S/C17H29NO3/c1-12(2)15(16(20)21-17(3,4)5)18-14(19)11-13-9-7-6-8-10-13/h9,12,15H,6-8,10-11H2,1-5H3,(H,18,19)/t15-/m1/s1. The molecule has 0 bridgehead atoms. The van der Waals surface area contributed by atoms with E-state index in [9.17, 15) is 9.59 Å². The first-order valence-corrected chi connectivity index (χ1v) is 7.89. The molecule has 0 fully saturated rings. The number of esters is 1. The van der Waals surface area contributed by atoms with E-state index in [2.05, 4.69) is 11.4 Å². The lowest BCUT2D eigenvalue weighted by Gasteiger charge is -2.26. The van der Waals surface area contributed by atoms with Crippen molar-refractivity contribution < 1.29 is 14.3 Å². The van der Waals surface area contributed by atoms with Crippen LogP contribution in [0, 0.1) is 5.92 Å². The van der Waals surface area contributed by atoms with Crippen LogP contribution in [0.5, 0.6) is 0 Å². The van der Waals surface area contributed by atoms with E-state index in [0.717, 1.165) is 19.3 Å². The molecule has 1 atom stereocenters. The first-order chi connectivity index (χ1) is 9.69. The average molecular weight is 295 g/mol. The number of allylic oxidation sites excluding steroid dienone is 1. The van der Waals surface area contributed by atoms with E-state index in [1.54, 1.807) is 0 Å². The highest BCUT2D eigenvalue weighted by Gasteiger charge is 2.29. The Morgan fingerprint density at radius 3 is 2.43 bits per heavy atom. The van der Waals surface area contributed by atoms with Crippen molar-refractivity contribution in [2.24, 2.45) is 5.92 Å². The summed E-state index contributed by atoms with van der Waals surface area (Å²) in [6.45, 7) is 9.31. The van der Waals surface area contributed by atoms with Crippen molar-refractivity contribution >= 4 is 11.9 Å². The van der Waals surface area contributed by atoms with E-state index >= 15 is 0 Å². The smallest absolute Gasteiger partial charge is 0.329 e. The molecule has 0 unspecified atom stereocenters. The van der Waals surface area contributed by atoms with Crippen molar-refractivity contribution in [1.29, 1.82) is 0 Å². The van der Waals surface area contributed by atoms with Gasteiger partial charge in [-0.05, 0) is 52.4 Å². The minimum absolute atomic E-state index is 0.00383. The molecule has 0 saturated carbocycles. The van der Waals surface area contributed by atoms with E-state index in [4.69, 9.17) is 4.74 Å². The lowest BCUT2D eigenvalue weighted by molar-refractivity contribution is -0.159. The Balaban J connectivity index is 2.59. The molecule has 0 aromatic carbocycles. The summed E-state index contributed by atoms with van der Waals surface area (Å²) in [6, 6.07) is -0.582. The summed E-state index contributed by atoms with van der Waals surface area (Å²) >= 11 is 0. The largest absolute Gasteiger partial charge is 0.458 e. The van der Waals surface area contributed by atoms with Crippen LogP contribution >= 0.6 is 0 Å². The van der Waals surface area contributed by atoms with Gasteiger partial charge in [-0.15, -0.1) is 0 Å². The summed E-state index contributed by atoms with van der Waals surface area (Å²) in [5, 5.41) is 2.83. The highest BCUT2D eigenvalue weighted by molar-refractivity contribution is 5.86. The van der Waals surface area contributed by atoms with Gasteiger partial charge < -0.3 is 10.1 Å². The van der Waals surface area contributed by atoms with Crippen molar-refractivity contribution in [2.45, 2.75) is 78.4 Å². The maximum atomic E-state index is 12.2. The molecule has 0 heterocycles. The zero-order valence-electron chi connectivity index (χ0n) is 14.0. The van der Waals surface area contributed by atoms with Crippen molar-refractivity contribution in [3.05, 3.63) is 11.6 Å². The molecule has 4 nitrogen and oxygen atoms in total. The zero-order valence-corrected chi connectivity index (χ0v) is 14.0. The molecule has 4 heteroatoms. The van der Waals surface area contributed by atoms with Crippen molar-refractivity contribution in [3.63, 3.8) is 0 Å². The van der Waals surface area contributed by atoms with E-state index in [0.29, 0.717) is 6.42 Å². The van der Waals surface area contributed by atoms with Gasteiger partial charge in [0.25, 0.3) is 0 Å². The minimum Gasteiger partial charge on any atom is -0.458 e. The Morgan fingerprint density at radius 2 is 1.95 bits per heavy atom. The third kappa shape index (κ3) is 6.78. The maximum Gasteiger partial charge on any atom is 0.329 e. The van der Waals surface area contributed by atoms with Gasteiger partial charge in [0.1, 0.15) is 11.6 Å². The number of hydrogen-bond acceptors (Lipinski definition) is 3. The van der Waals surface area contributed by atoms with Gasteiger partial charge in [0.05, 0.1) is 0 Å². The maximum absolute atomic E-state index is 12.2. The zero-order chi connectivity index (χ0) is 16.0. The predicted octanol–water partition coefficient (Wildman–Crippen LogP) is 3.36. The molecule has 1 rings (SSSR count). The minimum atomic E-state index is -0.582. The number of amides is 1. The molecular formula is C17H29NO3. The fourth-order valence-electron chi connectivity index (χ4n) is 2.36. The normalized spacial score (nSPS) is 17.1. The van der Waals surface area contributed by atoms with E-state index in [-0.39, 0.29) is 17.8 Å². The summed E-state index contributed by atoms with van der Waals surface area (Å²) in [5.41, 5.74) is 0.645. The Kier molecular flexibility index (Phi) is 6.43. The molecule has 0 saturated heterocycles. The Hall–Kier alpha value is -1.32. The third-order valence-electron chi connectivity index (χ3n) is 3.42. The van der Waals surface area contributed by atoms with E-state index in [1.165, 1.54) is 12.0 Å². The second kappa shape index (κ2) is 7.62. The van der Waals surface area contributed by atoms with Gasteiger partial charge in [0, 0.05) is 6.42 Å². The molecule has 0 aromatic heterocycles. The summed E-state index contributed by atoms with van der Waals surface area (Å²) in [6.07, 6.45) is 6.96. The summed E-state index contributed by atoms with van der Waals surface area (Å²) in [5.74, 6) is -0.444. The van der Waals surface area contributed by atoms with Crippen LogP contribution in [0.15, 0.2) is 11.6 Å². The third-order valence-corrected chi connectivity index (χ3v) is 3.42. The molecule has 1 aliphatic rings. The lowest BCUT2D eigenvalue weighted by atomic mass is 9.96. The van der Waals surface area contributed by atoms with Crippen LogP contribution in [0.2, 0.25) is 0 Å². The van der Waals surface area contributed by atoms with Gasteiger partial charge in [0.2, 0.25) is 5.91 Å². The fraction of sp³-hybridized carbons (Fsp3) is 0.765. The highest BCUT2D eigenvalue weighted by atomic mass is 16.6. The number of hydrogen-bond donors (Lipinski definition) is 1. The quantitative estimate of drug-likeness (QED) is 0.625. The monoisotopic (exact) mass is 295 g/mol. The predicted molar refractivity (Wildman–Crippen MR) is 83.8 cm³/mol. The van der Waals surface area contributed by atoms with E-state index < -0.39 is 11.6 Å². The van der Waals surface area contributed by atoms with Crippen LogP contribution in [-0.2, 0) is 14.3 Å². The number of rotatable bonds is 5. The van der Waals surface area contributed by atoms with Crippen molar-refractivity contribution in [1.82, 2.24) is 5.32 Å². The summed E-state index contributed by atoms with van der Waals surface area (Å²) in [7, 11) is 0. The fourth-order valence-corrected chi connectivity index (χ4v) is 2.36. The van der Waals surface area contributed by atoms with Crippen LogP contribution in [0.25, 0.3) is 0 Å². The average Bonchev–Trinajstić information content (AvgIpc) is 2.34. The molecule has 0 spiro atoms. The van der Waals surface area contributed by atoms with Crippen LogP contribution in [0.1, 0.15) is 66.7 Å². The van der Waals surface area contributed by atoms with Crippen LogP contribution < -0.4 is 5.32 Å². The Bertz CT molecular complexity index is 405. The summed E-state index contributed by atoms with van der Waals surface area (Å²) in [4.78, 5) is 24.3. The second-order valence-electron chi connectivity index (χ2n) is 7.11. The Labute approximate surface area is 128 Å². The van der Waals surface area contributed by atoms with Crippen LogP contribution in [0.4, 0.5) is 0 Å². The molecule has 0 radical (unpaired) electrons. The number of carbonyl (C=O) groups excluding carboxylic acids is 2. The van der Waals surface area contributed by atoms with Crippen LogP contribution in [0.3, 0.4) is 0 Å². The van der Waals surface area contributed by atoms with Gasteiger partial charge in [-0.25, -0.2) is 4.79 Å². The van der Waals surface area contributed by atoms with Gasteiger partial charge in [-0.1, -0.05) is 25.5 Å². The van der Waals surface area contributed by atoms with Crippen LogP contribution in [-0.4, -0.2) is 23.5 Å². The SMILES string of the molecule is CC(C)[C@@H](NC(=O)CC1=CCCCC1)C(=O)OC(C)(C)C. The van der Waals surface area contributed by atoms with E-state index in [1.807, 2.05) is 34.6 Å². The second-order valence-corrected chi connectivity index (χ2v) is 7.11. The van der Waals surface area contributed by atoms with Gasteiger partial charge in [-0.2, -0.15) is 0 Å². The molecule has 1 N–H and O–H groups in total. The molecule has 120 valence electrons. The number of ether oxygens (including phenoxy) is 1. The van der Waals surface area contributed by atoms with Crippen molar-refractivity contribution in [3.8, 4) is 0 Å². The topological polar surface area (TPSA) is 55.4 Å². The summed E-state index contributed by atoms with van der Waals surface area (Å²) < 4.78 is 5.38. The van der Waals surface area contributed by atoms with Gasteiger partial charge >= 0.3 is 5.97 Å². The first-order valence-electron chi connectivity index (χ1n) is 7.89. The molecule has 0 aromatic rings. The molecule has 1 aliphatic carbocycles. The number of carbonyl (C=O) groups is 2. The molecule has 0 aliphatic heterocycles. The molecule has 21 heavy (non-hydrogen) atoms.